The Bertz CT molecular complexity index is 1300. The molecule has 2 aromatic carbocycles. The fraction of sp³-hybridized carbons (Fsp3) is 0.222. The van der Waals surface area contributed by atoms with Gasteiger partial charge in [0.05, 0.1) is 23.6 Å². The summed E-state index contributed by atoms with van der Waals surface area (Å²) < 4.78 is 20.5. The summed E-state index contributed by atoms with van der Waals surface area (Å²) >= 11 is 0. The molecule has 0 radical (unpaired) electrons. The molecule has 1 saturated heterocycles. The molecular formula is C27H25FN4O3. The predicted octanol–water partition coefficient (Wildman–Crippen LogP) is 4.44. The minimum Gasteiger partial charge on any atom is -0.459 e. The number of nitrogens with one attached hydrogen (secondary N) is 1. The number of carbonyl (C=O) groups is 2. The molecule has 1 N–H and O–H groups in total. The number of hydrogen-bond acceptors (Lipinski definition) is 4. The minimum absolute atomic E-state index is 0.112. The van der Waals surface area contributed by atoms with Gasteiger partial charge in [0.2, 0.25) is 5.91 Å². The van der Waals surface area contributed by atoms with Crippen molar-refractivity contribution in [3.63, 3.8) is 0 Å². The zero-order chi connectivity index (χ0) is 24.2. The summed E-state index contributed by atoms with van der Waals surface area (Å²) in [5.41, 5.74) is 3.13. The maximum absolute atomic E-state index is 13.5. The number of amides is 2. The van der Waals surface area contributed by atoms with Crippen molar-refractivity contribution in [3.05, 3.63) is 96.3 Å². The molecule has 2 amide bonds. The number of aromatic nitrogens is 2. The molecule has 1 aliphatic heterocycles. The van der Waals surface area contributed by atoms with Crippen LogP contribution in [0, 0.1) is 11.7 Å². The lowest BCUT2D eigenvalue weighted by atomic mass is 9.96. The normalized spacial score (nSPS) is 15.7. The number of likely N-dealkylation sites (tertiary alicyclic amines) is 1. The maximum Gasteiger partial charge on any atom is 0.289 e. The van der Waals surface area contributed by atoms with Gasteiger partial charge >= 0.3 is 0 Å². The summed E-state index contributed by atoms with van der Waals surface area (Å²) in [6.07, 6.45) is 4.80. The van der Waals surface area contributed by atoms with Gasteiger partial charge in [0, 0.05) is 37.0 Å². The number of halogens is 1. The molecule has 4 aromatic rings. The van der Waals surface area contributed by atoms with Gasteiger partial charge in [0.1, 0.15) is 5.82 Å². The van der Waals surface area contributed by atoms with E-state index in [4.69, 9.17) is 9.52 Å². The van der Waals surface area contributed by atoms with Crippen LogP contribution in [-0.4, -0.2) is 39.6 Å². The average molecular weight is 473 g/mol. The Labute approximate surface area is 202 Å². The molecule has 0 aliphatic carbocycles. The molecule has 0 saturated carbocycles. The third kappa shape index (κ3) is 5.01. The Morgan fingerprint density at radius 3 is 2.60 bits per heavy atom. The van der Waals surface area contributed by atoms with E-state index in [2.05, 4.69) is 5.32 Å². The molecule has 0 spiro atoms. The summed E-state index contributed by atoms with van der Waals surface area (Å²) in [6.45, 7) is 1.21. The van der Waals surface area contributed by atoms with Gasteiger partial charge in [0.25, 0.3) is 5.91 Å². The highest BCUT2D eigenvalue weighted by molar-refractivity contribution is 5.92. The second kappa shape index (κ2) is 9.97. The Morgan fingerprint density at radius 2 is 1.86 bits per heavy atom. The molecule has 0 unspecified atom stereocenters. The SMILES string of the molecule is O=C(NCc1cn(-c2ccccc2)nc1-c1ccc(F)cc1)[C@H]1CCCN(C(=O)c2ccco2)C1. The first-order valence-electron chi connectivity index (χ1n) is 11.6. The topological polar surface area (TPSA) is 80.4 Å². The van der Waals surface area contributed by atoms with E-state index < -0.39 is 0 Å². The monoisotopic (exact) mass is 472 g/mol. The van der Waals surface area contributed by atoms with E-state index in [1.165, 1.54) is 18.4 Å². The summed E-state index contributed by atoms with van der Waals surface area (Å²) in [5, 5.41) is 7.74. The van der Waals surface area contributed by atoms with Crippen molar-refractivity contribution < 1.29 is 18.4 Å². The van der Waals surface area contributed by atoms with Gasteiger partial charge in [-0.05, 0) is 61.4 Å². The zero-order valence-corrected chi connectivity index (χ0v) is 19.1. The van der Waals surface area contributed by atoms with Crippen molar-refractivity contribution in [1.29, 1.82) is 0 Å². The fourth-order valence-electron chi connectivity index (χ4n) is 4.36. The van der Waals surface area contributed by atoms with Gasteiger partial charge in [-0.3, -0.25) is 9.59 Å². The number of benzene rings is 2. The Kier molecular flexibility index (Phi) is 6.43. The van der Waals surface area contributed by atoms with Gasteiger partial charge in [-0.2, -0.15) is 5.10 Å². The lowest BCUT2D eigenvalue weighted by molar-refractivity contribution is -0.126. The van der Waals surface area contributed by atoms with Gasteiger partial charge in [-0.25, -0.2) is 9.07 Å². The largest absolute Gasteiger partial charge is 0.459 e. The number of piperidine rings is 1. The van der Waals surface area contributed by atoms with Gasteiger partial charge in [-0.1, -0.05) is 18.2 Å². The van der Waals surface area contributed by atoms with Crippen molar-refractivity contribution >= 4 is 11.8 Å². The standard InChI is InChI=1S/C27H25FN4O3/c28-22-12-10-19(11-13-22)25-21(18-32(30-25)23-7-2-1-3-8-23)16-29-26(33)20-6-4-14-31(17-20)27(34)24-9-5-15-35-24/h1-3,5,7-13,15,18,20H,4,6,14,16-17H2,(H,29,33)/t20-/m0/s1. The molecule has 8 heteroatoms. The molecule has 2 aromatic heterocycles. The number of nitrogens with zero attached hydrogens (tertiary/aromatic N) is 3. The number of hydrogen-bond donors (Lipinski definition) is 1. The van der Waals surface area contributed by atoms with Crippen molar-refractivity contribution in [2.45, 2.75) is 19.4 Å². The quantitative estimate of drug-likeness (QED) is 0.450. The van der Waals surface area contributed by atoms with Gasteiger partial charge in [0.15, 0.2) is 5.76 Å². The van der Waals surface area contributed by atoms with Crippen LogP contribution in [0.25, 0.3) is 16.9 Å². The summed E-state index contributed by atoms with van der Waals surface area (Å²) in [7, 11) is 0. The second-order valence-electron chi connectivity index (χ2n) is 8.58. The molecule has 0 bridgehead atoms. The van der Waals surface area contributed by atoms with E-state index in [1.54, 1.807) is 33.8 Å². The highest BCUT2D eigenvalue weighted by atomic mass is 19.1. The van der Waals surface area contributed by atoms with E-state index in [0.29, 0.717) is 25.2 Å². The third-order valence-corrected chi connectivity index (χ3v) is 6.19. The van der Waals surface area contributed by atoms with E-state index >= 15 is 0 Å². The molecule has 178 valence electrons. The van der Waals surface area contributed by atoms with Crippen molar-refractivity contribution in [3.8, 4) is 16.9 Å². The summed E-state index contributed by atoms with van der Waals surface area (Å²) in [4.78, 5) is 27.4. The van der Waals surface area contributed by atoms with Crippen LogP contribution in [0.2, 0.25) is 0 Å². The molecular weight excluding hydrogens is 447 g/mol. The molecule has 35 heavy (non-hydrogen) atoms. The van der Waals surface area contributed by atoms with Crippen LogP contribution >= 0.6 is 0 Å². The molecule has 3 heterocycles. The van der Waals surface area contributed by atoms with Crippen molar-refractivity contribution in [2.75, 3.05) is 13.1 Å². The van der Waals surface area contributed by atoms with Crippen LogP contribution in [0.1, 0.15) is 29.0 Å². The van der Waals surface area contributed by atoms with Crippen LogP contribution in [0.4, 0.5) is 4.39 Å². The van der Waals surface area contributed by atoms with Gasteiger partial charge < -0.3 is 14.6 Å². The second-order valence-corrected chi connectivity index (χ2v) is 8.58. The number of furan rings is 1. The molecule has 7 nitrogen and oxygen atoms in total. The average Bonchev–Trinajstić information content (AvgIpc) is 3.59. The van der Waals surface area contributed by atoms with E-state index in [0.717, 1.165) is 23.2 Å². The van der Waals surface area contributed by atoms with Crippen molar-refractivity contribution in [1.82, 2.24) is 20.0 Å². The van der Waals surface area contributed by atoms with Crippen LogP contribution < -0.4 is 5.32 Å². The zero-order valence-electron chi connectivity index (χ0n) is 19.1. The molecule has 1 atom stereocenters. The summed E-state index contributed by atoms with van der Waals surface area (Å²) in [6, 6.07) is 19.1. The number of rotatable bonds is 6. The van der Waals surface area contributed by atoms with Crippen LogP contribution in [0.5, 0.6) is 0 Å². The first-order valence-corrected chi connectivity index (χ1v) is 11.6. The lowest BCUT2D eigenvalue weighted by Crippen LogP contribution is -2.45. The highest BCUT2D eigenvalue weighted by Gasteiger charge is 2.30. The predicted molar refractivity (Wildman–Crippen MR) is 128 cm³/mol. The number of carbonyl (C=O) groups excluding carboxylic acids is 2. The maximum atomic E-state index is 13.5. The smallest absolute Gasteiger partial charge is 0.289 e. The highest BCUT2D eigenvalue weighted by Crippen LogP contribution is 2.25. The lowest BCUT2D eigenvalue weighted by Gasteiger charge is -2.31. The fourth-order valence-corrected chi connectivity index (χ4v) is 4.36. The van der Waals surface area contributed by atoms with Crippen LogP contribution in [-0.2, 0) is 11.3 Å². The summed E-state index contributed by atoms with van der Waals surface area (Å²) in [5.74, 6) is -0.656. The van der Waals surface area contributed by atoms with Gasteiger partial charge in [-0.15, -0.1) is 0 Å². The first kappa shape index (κ1) is 22.6. The Morgan fingerprint density at radius 1 is 1.06 bits per heavy atom. The first-order chi connectivity index (χ1) is 17.1. The third-order valence-electron chi connectivity index (χ3n) is 6.19. The Balaban J connectivity index is 1.32. The number of para-hydroxylation sites is 1. The van der Waals surface area contributed by atoms with Crippen LogP contribution in [0.3, 0.4) is 0 Å². The van der Waals surface area contributed by atoms with E-state index in [9.17, 15) is 14.0 Å². The van der Waals surface area contributed by atoms with E-state index in [-0.39, 0.29) is 35.9 Å². The van der Waals surface area contributed by atoms with Crippen LogP contribution in [0.15, 0.2) is 83.6 Å². The Hall–Kier alpha value is -4.20. The minimum atomic E-state index is -0.322. The molecule has 1 fully saturated rings. The van der Waals surface area contributed by atoms with E-state index in [1.807, 2.05) is 36.5 Å². The van der Waals surface area contributed by atoms with Crippen molar-refractivity contribution in [2.24, 2.45) is 5.92 Å². The molecule has 1 aliphatic rings. The molecule has 5 rings (SSSR count).